The molecule has 3 nitrogen and oxygen atoms in total. The van der Waals surface area contributed by atoms with Crippen molar-refractivity contribution in [2.75, 3.05) is 0 Å². The third kappa shape index (κ3) is 1.71. The Balaban J connectivity index is 2.16. The van der Waals surface area contributed by atoms with E-state index in [0.29, 0.717) is 5.52 Å². The van der Waals surface area contributed by atoms with Gasteiger partial charge in [-0.25, -0.2) is 0 Å². The van der Waals surface area contributed by atoms with Crippen LogP contribution in [-0.2, 0) is 0 Å². The maximum atomic E-state index is 12.8. The molecule has 2 aromatic carbocycles. The highest BCUT2D eigenvalue weighted by molar-refractivity contribution is 5.87. The molecule has 21 heavy (non-hydrogen) atoms. The number of nitrogens with zero attached hydrogens (tertiary/aromatic N) is 2. The molecule has 0 unspecified atom stereocenters. The number of rotatable bonds is 1. The van der Waals surface area contributed by atoms with Crippen molar-refractivity contribution in [1.82, 2.24) is 8.97 Å². The maximum absolute atomic E-state index is 12.8. The summed E-state index contributed by atoms with van der Waals surface area (Å²) >= 11 is 0. The van der Waals surface area contributed by atoms with E-state index in [-0.39, 0.29) is 5.56 Å². The van der Waals surface area contributed by atoms with E-state index in [2.05, 4.69) is 0 Å². The number of para-hydroxylation sites is 2. The number of fused-ring (bicyclic) bond motifs is 3. The summed E-state index contributed by atoms with van der Waals surface area (Å²) in [5, 5.41) is 1.09. The van der Waals surface area contributed by atoms with Crippen molar-refractivity contribution in [2.24, 2.45) is 0 Å². The molecule has 0 aliphatic carbocycles. The molecule has 4 aromatic rings. The summed E-state index contributed by atoms with van der Waals surface area (Å²) in [6.07, 6.45) is 1.90. The molecule has 0 aliphatic heterocycles. The van der Waals surface area contributed by atoms with Crippen LogP contribution in [0.2, 0.25) is 0 Å². The lowest BCUT2D eigenvalue weighted by Gasteiger charge is -2.09. The molecule has 0 fully saturated rings. The molecule has 2 heterocycles. The van der Waals surface area contributed by atoms with Crippen LogP contribution < -0.4 is 5.56 Å². The molecule has 0 amide bonds. The monoisotopic (exact) mass is 274 g/mol. The minimum Gasteiger partial charge on any atom is -0.308 e. The van der Waals surface area contributed by atoms with Crippen molar-refractivity contribution in [2.45, 2.75) is 6.92 Å². The largest absolute Gasteiger partial charge is 0.308 e. The molecule has 0 aliphatic rings. The first-order valence-corrected chi connectivity index (χ1v) is 6.93. The van der Waals surface area contributed by atoms with Gasteiger partial charge in [-0.05, 0) is 31.2 Å². The Labute approximate surface area is 121 Å². The molecule has 0 spiro atoms. The molecule has 0 atom stereocenters. The zero-order valence-corrected chi connectivity index (χ0v) is 11.7. The molecular weight excluding hydrogens is 260 g/mol. The molecular formula is C18H14N2O. The number of hydrogen-bond acceptors (Lipinski definition) is 1. The highest BCUT2D eigenvalue weighted by Crippen LogP contribution is 2.20. The molecule has 0 saturated heterocycles. The average molecular weight is 274 g/mol. The Kier molecular flexibility index (Phi) is 2.48. The Morgan fingerprint density at radius 2 is 1.57 bits per heavy atom. The zero-order valence-electron chi connectivity index (χ0n) is 11.7. The van der Waals surface area contributed by atoms with E-state index in [0.717, 1.165) is 22.3 Å². The summed E-state index contributed by atoms with van der Waals surface area (Å²) in [6, 6.07) is 19.8. The molecule has 0 bridgehead atoms. The van der Waals surface area contributed by atoms with Crippen LogP contribution in [0.3, 0.4) is 0 Å². The third-order valence-corrected chi connectivity index (χ3v) is 3.85. The van der Waals surface area contributed by atoms with Gasteiger partial charge < -0.3 is 4.40 Å². The van der Waals surface area contributed by atoms with Gasteiger partial charge in [-0.2, -0.15) is 0 Å². The fourth-order valence-electron chi connectivity index (χ4n) is 2.90. The van der Waals surface area contributed by atoms with Gasteiger partial charge in [0.05, 0.1) is 5.52 Å². The first kappa shape index (κ1) is 12.0. The van der Waals surface area contributed by atoms with E-state index in [1.165, 1.54) is 0 Å². The van der Waals surface area contributed by atoms with Gasteiger partial charge in [-0.3, -0.25) is 9.36 Å². The molecule has 0 N–H and O–H groups in total. The lowest BCUT2D eigenvalue weighted by molar-refractivity contribution is 0.935. The Bertz CT molecular complexity index is 1010. The van der Waals surface area contributed by atoms with Crippen molar-refractivity contribution in [3.63, 3.8) is 0 Å². The summed E-state index contributed by atoms with van der Waals surface area (Å²) in [4.78, 5) is 12.8. The van der Waals surface area contributed by atoms with Crippen LogP contribution in [0.4, 0.5) is 0 Å². The second-order valence-corrected chi connectivity index (χ2v) is 5.20. The molecule has 0 saturated carbocycles. The van der Waals surface area contributed by atoms with Gasteiger partial charge in [0.25, 0.3) is 5.56 Å². The first-order valence-electron chi connectivity index (χ1n) is 6.93. The van der Waals surface area contributed by atoms with E-state index in [1.54, 1.807) is 4.57 Å². The molecule has 0 radical (unpaired) electrons. The molecule has 2 aromatic heterocycles. The van der Waals surface area contributed by atoms with Gasteiger partial charge in [0.15, 0.2) is 0 Å². The van der Waals surface area contributed by atoms with E-state index in [4.69, 9.17) is 0 Å². The second-order valence-electron chi connectivity index (χ2n) is 5.20. The van der Waals surface area contributed by atoms with Gasteiger partial charge in [0, 0.05) is 23.0 Å². The van der Waals surface area contributed by atoms with Gasteiger partial charge >= 0.3 is 0 Å². The summed E-state index contributed by atoms with van der Waals surface area (Å²) < 4.78 is 3.74. The van der Waals surface area contributed by atoms with Crippen molar-refractivity contribution in [1.29, 1.82) is 0 Å². The summed E-state index contributed by atoms with van der Waals surface area (Å²) in [5.74, 6) is 0. The fourth-order valence-corrected chi connectivity index (χ4v) is 2.90. The van der Waals surface area contributed by atoms with Crippen LogP contribution in [0.5, 0.6) is 0 Å². The first-order chi connectivity index (χ1) is 10.3. The van der Waals surface area contributed by atoms with Crippen LogP contribution in [0.25, 0.3) is 22.1 Å². The minimum atomic E-state index is 0.00278. The normalized spacial score (nSPS) is 11.3. The quantitative estimate of drug-likeness (QED) is 0.521. The van der Waals surface area contributed by atoms with E-state index in [9.17, 15) is 4.79 Å². The zero-order chi connectivity index (χ0) is 14.4. The van der Waals surface area contributed by atoms with Gasteiger partial charge in [0.1, 0.15) is 5.52 Å². The Hall–Kier alpha value is -2.81. The average Bonchev–Trinajstić information content (AvgIpc) is 2.92. The number of hydrogen-bond donors (Lipinski definition) is 0. The van der Waals surface area contributed by atoms with E-state index in [1.807, 2.05) is 78.2 Å². The Morgan fingerprint density at radius 3 is 2.38 bits per heavy atom. The molecule has 4 rings (SSSR count). The SMILES string of the molecule is Cc1cn(-c2ccccc2)c(=O)c2cc3ccccc3n12. The van der Waals surface area contributed by atoms with Crippen molar-refractivity contribution in [3.8, 4) is 5.69 Å². The van der Waals surface area contributed by atoms with Crippen LogP contribution in [0, 0.1) is 6.92 Å². The minimum absolute atomic E-state index is 0.00278. The van der Waals surface area contributed by atoms with Crippen LogP contribution in [0.1, 0.15) is 5.69 Å². The summed E-state index contributed by atoms with van der Waals surface area (Å²) in [5.41, 5.74) is 3.71. The van der Waals surface area contributed by atoms with Crippen molar-refractivity contribution >= 4 is 16.4 Å². The summed E-state index contributed by atoms with van der Waals surface area (Å²) in [6.45, 7) is 2.03. The standard InChI is InChI=1S/C18H14N2O/c1-13-12-19(15-8-3-2-4-9-15)18(21)17-11-14-7-5-6-10-16(14)20(13)17/h2-12H,1H3. The van der Waals surface area contributed by atoms with Crippen molar-refractivity contribution in [3.05, 3.63) is 82.9 Å². The number of aromatic nitrogens is 2. The topological polar surface area (TPSA) is 26.4 Å². The summed E-state index contributed by atoms with van der Waals surface area (Å²) in [7, 11) is 0. The van der Waals surface area contributed by atoms with E-state index < -0.39 is 0 Å². The second kappa shape index (κ2) is 4.35. The third-order valence-electron chi connectivity index (χ3n) is 3.85. The predicted octanol–water partition coefficient (Wildman–Crippen LogP) is 3.55. The van der Waals surface area contributed by atoms with Gasteiger partial charge in [0.2, 0.25) is 0 Å². The van der Waals surface area contributed by atoms with Gasteiger partial charge in [-0.15, -0.1) is 0 Å². The fraction of sp³-hybridized carbons (Fsp3) is 0.0556. The predicted molar refractivity (Wildman–Crippen MR) is 85.2 cm³/mol. The lowest BCUT2D eigenvalue weighted by atomic mass is 10.2. The van der Waals surface area contributed by atoms with Gasteiger partial charge in [-0.1, -0.05) is 36.4 Å². The smallest absolute Gasteiger partial charge is 0.279 e. The lowest BCUT2D eigenvalue weighted by Crippen LogP contribution is -2.20. The highest BCUT2D eigenvalue weighted by Gasteiger charge is 2.11. The van der Waals surface area contributed by atoms with Crippen LogP contribution in [0.15, 0.2) is 71.7 Å². The van der Waals surface area contributed by atoms with Crippen LogP contribution >= 0.6 is 0 Å². The Morgan fingerprint density at radius 1 is 0.857 bits per heavy atom. The highest BCUT2D eigenvalue weighted by atomic mass is 16.1. The maximum Gasteiger partial charge on any atom is 0.279 e. The van der Waals surface area contributed by atoms with E-state index >= 15 is 0 Å². The van der Waals surface area contributed by atoms with Crippen LogP contribution in [-0.4, -0.2) is 8.97 Å². The van der Waals surface area contributed by atoms with Crippen molar-refractivity contribution < 1.29 is 0 Å². The molecule has 102 valence electrons. The molecule has 3 heteroatoms. The number of benzene rings is 2. The number of aryl methyl sites for hydroxylation is 1.